The lowest BCUT2D eigenvalue weighted by atomic mass is 9.93. The molecule has 0 unspecified atom stereocenters. The molecule has 32 heavy (non-hydrogen) atoms. The van der Waals surface area contributed by atoms with Crippen LogP contribution in [0.25, 0.3) is 0 Å². The van der Waals surface area contributed by atoms with E-state index in [0.717, 1.165) is 16.7 Å². The first-order chi connectivity index (χ1) is 15.4. The van der Waals surface area contributed by atoms with Crippen molar-refractivity contribution in [1.82, 2.24) is 15.3 Å². The number of hydrogen-bond acceptors (Lipinski definition) is 5. The zero-order chi connectivity index (χ0) is 22.8. The van der Waals surface area contributed by atoms with E-state index in [1.165, 1.54) is 11.0 Å². The van der Waals surface area contributed by atoms with Crippen molar-refractivity contribution in [1.29, 1.82) is 0 Å². The summed E-state index contributed by atoms with van der Waals surface area (Å²) >= 11 is 0. The van der Waals surface area contributed by atoms with Crippen molar-refractivity contribution in [2.24, 2.45) is 0 Å². The Balaban J connectivity index is 1.67. The Kier molecular flexibility index (Phi) is 5.85. The Bertz CT molecular complexity index is 1190. The monoisotopic (exact) mass is 434 g/mol. The fraction of sp³-hybridized carbons (Fsp3) is 0.250. The molecule has 164 valence electrons. The molecule has 0 saturated carbocycles. The third-order valence-corrected chi connectivity index (χ3v) is 5.49. The number of halogens is 1. The summed E-state index contributed by atoms with van der Waals surface area (Å²) in [5, 5.41) is 2.54. The number of aromatic nitrogens is 2. The van der Waals surface area contributed by atoms with Crippen LogP contribution < -0.4 is 15.0 Å². The number of hydrogen-bond donors (Lipinski definition) is 1. The Morgan fingerprint density at radius 3 is 2.75 bits per heavy atom. The molecule has 0 bridgehead atoms. The van der Waals surface area contributed by atoms with Gasteiger partial charge in [0.1, 0.15) is 11.4 Å². The van der Waals surface area contributed by atoms with Crippen LogP contribution in [-0.4, -0.2) is 42.5 Å². The summed E-state index contributed by atoms with van der Waals surface area (Å²) in [5.41, 5.74) is 3.99. The van der Waals surface area contributed by atoms with Crippen LogP contribution in [0.5, 0.6) is 5.75 Å². The van der Waals surface area contributed by atoms with Crippen molar-refractivity contribution in [3.63, 3.8) is 0 Å². The van der Waals surface area contributed by atoms with Crippen LogP contribution in [0.3, 0.4) is 0 Å². The van der Waals surface area contributed by atoms with Gasteiger partial charge in [-0.2, -0.15) is 0 Å². The number of carbonyl (C=O) groups excluding carboxylic acids is 2. The molecule has 1 aliphatic rings. The average molecular weight is 434 g/mol. The minimum Gasteiger partial charge on any atom is -0.496 e. The van der Waals surface area contributed by atoms with Gasteiger partial charge in [0.25, 0.3) is 11.8 Å². The van der Waals surface area contributed by atoms with E-state index in [2.05, 4.69) is 15.3 Å². The maximum atomic E-state index is 14.4. The quantitative estimate of drug-likeness (QED) is 0.667. The standard InChI is InChI=1S/C24H23FN4O3/c1-14-4-6-19(25)22(28-14)29-9-8-16-12-21(32-3)17(11-18(16)24(29)31)10-15-5-7-20(27-13-15)23(30)26-2/h4-7,11-13H,8-10H2,1-3H3,(H,26,30). The second-order valence-corrected chi connectivity index (χ2v) is 7.59. The third-order valence-electron chi connectivity index (χ3n) is 5.49. The third kappa shape index (κ3) is 4.03. The van der Waals surface area contributed by atoms with E-state index in [4.69, 9.17) is 4.74 Å². The maximum absolute atomic E-state index is 14.4. The number of aryl methyl sites for hydroxylation is 1. The highest BCUT2D eigenvalue weighted by Gasteiger charge is 2.29. The molecule has 4 rings (SSSR count). The minimum absolute atomic E-state index is 0.0482. The largest absolute Gasteiger partial charge is 0.496 e. The Morgan fingerprint density at radius 2 is 2.06 bits per heavy atom. The van der Waals surface area contributed by atoms with Gasteiger partial charge in [0.2, 0.25) is 0 Å². The minimum atomic E-state index is -0.525. The second-order valence-electron chi connectivity index (χ2n) is 7.59. The molecule has 1 N–H and O–H groups in total. The number of anilines is 1. The molecule has 1 aromatic carbocycles. The molecule has 2 amide bonds. The summed E-state index contributed by atoms with van der Waals surface area (Å²) in [6, 6.07) is 10.0. The molecule has 7 nitrogen and oxygen atoms in total. The highest BCUT2D eigenvalue weighted by molar-refractivity contribution is 6.08. The van der Waals surface area contributed by atoms with E-state index in [-0.39, 0.29) is 17.6 Å². The van der Waals surface area contributed by atoms with Crippen LogP contribution in [-0.2, 0) is 12.8 Å². The van der Waals surface area contributed by atoms with Gasteiger partial charge in [-0.05, 0) is 60.4 Å². The summed E-state index contributed by atoms with van der Waals surface area (Å²) < 4.78 is 20.0. The molecule has 0 saturated heterocycles. The van der Waals surface area contributed by atoms with E-state index in [1.807, 2.05) is 12.1 Å². The van der Waals surface area contributed by atoms with E-state index < -0.39 is 5.82 Å². The van der Waals surface area contributed by atoms with Crippen LogP contribution in [0.1, 0.15) is 43.2 Å². The molecule has 0 fully saturated rings. The fourth-order valence-corrected chi connectivity index (χ4v) is 3.81. The van der Waals surface area contributed by atoms with Gasteiger partial charge in [-0.3, -0.25) is 19.5 Å². The van der Waals surface area contributed by atoms with Crippen molar-refractivity contribution in [2.75, 3.05) is 25.6 Å². The first-order valence-electron chi connectivity index (χ1n) is 10.2. The molecule has 0 radical (unpaired) electrons. The van der Waals surface area contributed by atoms with Crippen molar-refractivity contribution in [3.8, 4) is 5.75 Å². The highest BCUT2D eigenvalue weighted by atomic mass is 19.1. The molecule has 0 spiro atoms. The summed E-state index contributed by atoms with van der Waals surface area (Å²) in [5.74, 6) is -0.360. The Morgan fingerprint density at radius 1 is 1.25 bits per heavy atom. The number of benzene rings is 1. The summed E-state index contributed by atoms with van der Waals surface area (Å²) in [4.78, 5) is 34.8. The van der Waals surface area contributed by atoms with Crippen LogP contribution in [0.4, 0.5) is 10.2 Å². The predicted octanol–water partition coefficient (Wildman–Crippen LogP) is 3.09. The zero-order valence-corrected chi connectivity index (χ0v) is 18.1. The predicted molar refractivity (Wildman–Crippen MR) is 118 cm³/mol. The van der Waals surface area contributed by atoms with Crippen LogP contribution in [0.2, 0.25) is 0 Å². The Hall–Kier alpha value is -3.81. The fourth-order valence-electron chi connectivity index (χ4n) is 3.81. The highest BCUT2D eigenvalue weighted by Crippen LogP contribution is 2.31. The van der Waals surface area contributed by atoms with Gasteiger partial charge in [-0.15, -0.1) is 0 Å². The normalized spacial score (nSPS) is 13.0. The number of carbonyl (C=O) groups is 2. The molecule has 3 aromatic rings. The average Bonchev–Trinajstić information content (AvgIpc) is 2.81. The number of nitrogens with one attached hydrogen (secondary N) is 1. The molecule has 8 heteroatoms. The van der Waals surface area contributed by atoms with Crippen LogP contribution in [0, 0.1) is 12.7 Å². The topological polar surface area (TPSA) is 84.4 Å². The number of methoxy groups -OCH3 is 1. The molecule has 3 heterocycles. The molecule has 0 atom stereocenters. The van der Waals surface area contributed by atoms with Gasteiger partial charge in [-0.1, -0.05) is 6.07 Å². The lowest BCUT2D eigenvalue weighted by molar-refractivity contribution is 0.0955. The van der Waals surface area contributed by atoms with Crippen molar-refractivity contribution < 1.29 is 18.7 Å². The van der Waals surface area contributed by atoms with Gasteiger partial charge in [0.05, 0.1) is 7.11 Å². The molecule has 1 aliphatic heterocycles. The first-order valence-corrected chi connectivity index (χ1v) is 10.2. The number of nitrogens with zero attached hydrogens (tertiary/aromatic N) is 3. The van der Waals surface area contributed by atoms with E-state index >= 15 is 0 Å². The van der Waals surface area contributed by atoms with Gasteiger partial charge in [0.15, 0.2) is 11.6 Å². The van der Waals surface area contributed by atoms with Gasteiger partial charge < -0.3 is 10.1 Å². The number of ether oxygens (including phenoxy) is 1. The van der Waals surface area contributed by atoms with Gasteiger partial charge >= 0.3 is 0 Å². The van der Waals surface area contributed by atoms with Crippen LogP contribution in [0.15, 0.2) is 42.6 Å². The number of pyridine rings is 2. The van der Waals surface area contributed by atoms with E-state index in [9.17, 15) is 14.0 Å². The lowest BCUT2D eigenvalue weighted by Crippen LogP contribution is -2.39. The smallest absolute Gasteiger partial charge is 0.269 e. The van der Waals surface area contributed by atoms with Crippen LogP contribution >= 0.6 is 0 Å². The molecule has 2 aromatic heterocycles. The molecule has 0 aliphatic carbocycles. The maximum Gasteiger partial charge on any atom is 0.269 e. The van der Waals surface area contributed by atoms with E-state index in [1.54, 1.807) is 45.5 Å². The van der Waals surface area contributed by atoms with Crippen molar-refractivity contribution >= 4 is 17.6 Å². The van der Waals surface area contributed by atoms with Gasteiger partial charge in [-0.25, -0.2) is 9.37 Å². The number of fused-ring (bicyclic) bond motifs is 1. The van der Waals surface area contributed by atoms with Gasteiger partial charge in [0, 0.05) is 37.5 Å². The number of amides is 2. The molecular weight excluding hydrogens is 411 g/mol. The number of rotatable bonds is 5. The Labute approximate surface area is 185 Å². The van der Waals surface area contributed by atoms with E-state index in [0.29, 0.717) is 42.1 Å². The SMILES string of the molecule is CNC(=O)c1ccc(Cc2cc3c(cc2OC)CCN(c2nc(C)ccc2F)C3=O)cn1. The summed E-state index contributed by atoms with van der Waals surface area (Å²) in [6.45, 7) is 2.10. The zero-order valence-electron chi connectivity index (χ0n) is 18.1. The summed E-state index contributed by atoms with van der Waals surface area (Å²) in [7, 11) is 3.13. The lowest BCUT2D eigenvalue weighted by Gasteiger charge is -2.29. The summed E-state index contributed by atoms with van der Waals surface area (Å²) in [6.07, 6.45) is 2.65. The first kappa shape index (κ1) is 21.4. The van der Waals surface area contributed by atoms with Crippen molar-refractivity contribution in [2.45, 2.75) is 19.8 Å². The second kappa shape index (κ2) is 8.74. The van der Waals surface area contributed by atoms with Crippen molar-refractivity contribution in [3.05, 3.63) is 82.1 Å². The molecular formula is C24H23FN4O3.